The van der Waals surface area contributed by atoms with Crippen LogP contribution in [0.3, 0.4) is 0 Å². The Morgan fingerprint density at radius 1 is 1.71 bits per heavy atom. The van der Waals surface area contributed by atoms with Gasteiger partial charge in [0, 0.05) is 18.4 Å². The first-order valence-electron chi connectivity index (χ1n) is 4.20. The number of aryl methyl sites for hydroxylation is 1. The largest absolute Gasteiger partial charge is 0.337 e. The van der Waals surface area contributed by atoms with Crippen LogP contribution in [-0.4, -0.2) is 38.8 Å². The summed E-state index contributed by atoms with van der Waals surface area (Å²) < 4.78 is 3.74. The fraction of sp³-hybridized carbons (Fsp3) is 0.625. The van der Waals surface area contributed by atoms with E-state index in [1.165, 1.54) is 0 Å². The summed E-state index contributed by atoms with van der Waals surface area (Å²) in [5, 5.41) is 4.58. The molecule has 0 aliphatic carbocycles. The molecule has 0 saturated carbocycles. The molecule has 0 saturated heterocycles. The van der Waals surface area contributed by atoms with Gasteiger partial charge in [0.1, 0.15) is 4.88 Å². The molecule has 78 valence electrons. The minimum Gasteiger partial charge on any atom is -0.337 e. The van der Waals surface area contributed by atoms with Crippen LogP contribution >= 0.6 is 27.5 Å². The first-order chi connectivity index (χ1) is 6.57. The molecule has 0 aliphatic heterocycles. The molecule has 0 aliphatic rings. The summed E-state index contributed by atoms with van der Waals surface area (Å²) >= 11 is 4.49. The van der Waals surface area contributed by atoms with Gasteiger partial charge in [0.15, 0.2) is 0 Å². The zero-order valence-electron chi connectivity index (χ0n) is 8.32. The Hall–Kier alpha value is -0.490. The van der Waals surface area contributed by atoms with Crippen molar-refractivity contribution in [1.29, 1.82) is 0 Å². The second kappa shape index (κ2) is 4.84. The highest BCUT2D eigenvalue weighted by atomic mass is 79.9. The lowest BCUT2D eigenvalue weighted by molar-refractivity contribution is 0.0762. The molecule has 14 heavy (non-hydrogen) atoms. The zero-order valence-corrected chi connectivity index (χ0v) is 10.7. The van der Waals surface area contributed by atoms with E-state index in [4.69, 9.17) is 0 Å². The average Bonchev–Trinajstić information content (AvgIpc) is 2.61. The predicted molar refractivity (Wildman–Crippen MR) is 60.0 cm³/mol. The minimum atomic E-state index is -0.00977. The van der Waals surface area contributed by atoms with E-state index in [1.807, 2.05) is 6.92 Å². The molecule has 0 N–H and O–H groups in total. The van der Waals surface area contributed by atoms with Crippen LogP contribution in [0, 0.1) is 6.92 Å². The Labute approximate surface area is 95.6 Å². The van der Waals surface area contributed by atoms with Crippen LogP contribution < -0.4 is 0 Å². The number of halogens is 1. The molecule has 4 nitrogen and oxygen atoms in total. The zero-order chi connectivity index (χ0) is 10.7. The number of aromatic nitrogens is 2. The predicted octanol–water partition coefficient (Wildman–Crippen LogP) is 1.70. The van der Waals surface area contributed by atoms with E-state index in [2.05, 4.69) is 25.5 Å². The number of hydrogen-bond acceptors (Lipinski definition) is 4. The maximum Gasteiger partial charge on any atom is 0.267 e. The Bertz CT molecular complexity index is 328. The monoisotopic (exact) mass is 277 g/mol. The highest BCUT2D eigenvalue weighted by Crippen LogP contribution is 2.13. The highest BCUT2D eigenvalue weighted by Gasteiger charge is 2.20. The van der Waals surface area contributed by atoms with Gasteiger partial charge >= 0.3 is 0 Å². The van der Waals surface area contributed by atoms with Crippen molar-refractivity contribution in [3.63, 3.8) is 0 Å². The molecule has 1 aromatic rings. The second-order valence-corrected chi connectivity index (χ2v) is 4.51. The molecular formula is C8H12BrN3OS. The second-order valence-electron chi connectivity index (χ2n) is 3.11. The van der Waals surface area contributed by atoms with E-state index in [1.54, 1.807) is 18.9 Å². The van der Waals surface area contributed by atoms with E-state index >= 15 is 0 Å². The van der Waals surface area contributed by atoms with Crippen molar-refractivity contribution in [2.75, 3.05) is 12.4 Å². The summed E-state index contributed by atoms with van der Waals surface area (Å²) in [6.07, 6.45) is 0. The SMILES string of the molecule is Cc1nnsc1C(=O)N(C)C(C)CBr. The molecule has 0 spiro atoms. The number of alkyl halides is 1. The van der Waals surface area contributed by atoms with Gasteiger partial charge in [0.2, 0.25) is 0 Å². The average molecular weight is 278 g/mol. The number of hydrogen-bond donors (Lipinski definition) is 0. The molecule has 1 rings (SSSR count). The normalized spacial score (nSPS) is 12.6. The van der Waals surface area contributed by atoms with Gasteiger partial charge in [0.25, 0.3) is 5.91 Å². The first-order valence-corrected chi connectivity index (χ1v) is 6.09. The molecule has 1 heterocycles. The van der Waals surface area contributed by atoms with Gasteiger partial charge in [0.05, 0.1) is 5.69 Å². The van der Waals surface area contributed by atoms with Crippen molar-refractivity contribution in [3.8, 4) is 0 Å². The van der Waals surface area contributed by atoms with Crippen molar-refractivity contribution in [3.05, 3.63) is 10.6 Å². The number of carbonyl (C=O) groups is 1. The van der Waals surface area contributed by atoms with Crippen molar-refractivity contribution < 1.29 is 4.79 Å². The molecule has 0 bridgehead atoms. The van der Waals surface area contributed by atoms with Gasteiger partial charge in [-0.3, -0.25) is 4.79 Å². The van der Waals surface area contributed by atoms with Crippen molar-refractivity contribution in [1.82, 2.24) is 14.5 Å². The summed E-state index contributed by atoms with van der Waals surface area (Å²) in [4.78, 5) is 14.2. The van der Waals surface area contributed by atoms with E-state index in [0.29, 0.717) is 10.6 Å². The molecular weight excluding hydrogens is 266 g/mol. The van der Waals surface area contributed by atoms with Crippen molar-refractivity contribution in [2.24, 2.45) is 0 Å². The van der Waals surface area contributed by atoms with Gasteiger partial charge < -0.3 is 4.90 Å². The van der Waals surface area contributed by atoms with Gasteiger partial charge in [-0.25, -0.2) is 0 Å². The first kappa shape index (κ1) is 11.6. The third kappa shape index (κ3) is 2.30. The fourth-order valence-corrected chi connectivity index (χ4v) is 1.97. The third-order valence-corrected chi connectivity index (χ3v) is 3.80. The van der Waals surface area contributed by atoms with Gasteiger partial charge in [-0.2, -0.15) is 0 Å². The maximum absolute atomic E-state index is 11.9. The molecule has 1 unspecified atom stereocenters. The molecule has 1 amide bonds. The Morgan fingerprint density at radius 2 is 2.36 bits per heavy atom. The van der Waals surface area contributed by atoms with E-state index in [-0.39, 0.29) is 11.9 Å². The molecule has 6 heteroatoms. The molecule has 0 radical (unpaired) electrons. The maximum atomic E-state index is 11.9. The van der Waals surface area contributed by atoms with Crippen LogP contribution in [0.1, 0.15) is 22.3 Å². The Morgan fingerprint density at radius 3 is 2.79 bits per heavy atom. The van der Waals surface area contributed by atoms with E-state index < -0.39 is 0 Å². The summed E-state index contributed by atoms with van der Waals surface area (Å²) in [6, 6.07) is 0.170. The molecule has 0 fully saturated rings. The highest BCUT2D eigenvalue weighted by molar-refractivity contribution is 9.09. The van der Waals surface area contributed by atoms with Crippen molar-refractivity contribution >= 4 is 33.4 Å². The van der Waals surface area contributed by atoms with Gasteiger partial charge in [-0.05, 0) is 25.4 Å². The summed E-state index contributed by atoms with van der Waals surface area (Å²) in [7, 11) is 1.79. The smallest absolute Gasteiger partial charge is 0.267 e. The van der Waals surface area contributed by atoms with E-state index in [9.17, 15) is 4.79 Å². The van der Waals surface area contributed by atoms with Crippen LogP contribution in [0.4, 0.5) is 0 Å². The summed E-state index contributed by atoms with van der Waals surface area (Å²) in [5.74, 6) is -0.00977. The Kier molecular flexibility index (Phi) is 4.00. The van der Waals surface area contributed by atoms with Crippen LogP contribution in [-0.2, 0) is 0 Å². The molecule has 1 aromatic heterocycles. The minimum absolute atomic E-state index is 0.00977. The van der Waals surface area contributed by atoms with Crippen LogP contribution in [0.25, 0.3) is 0 Å². The number of carbonyl (C=O) groups excluding carboxylic acids is 1. The van der Waals surface area contributed by atoms with Gasteiger partial charge in [-0.15, -0.1) is 5.10 Å². The number of rotatable bonds is 3. The third-order valence-electron chi connectivity index (χ3n) is 2.05. The van der Waals surface area contributed by atoms with Crippen LogP contribution in [0.5, 0.6) is 0 Å². The topological polar surface area (TPSA) is 46.1 Å². The summed E-state index contributed by atoms with van der Waals surface area (Å²) in [6.45, 7) is 3.78. The molecule has 0 aromatic carbocycles. The van der Waals surface area contributed by atoms with Crippen LogP contribution in [0.2, 0.25) is 0 Å². The lowest BCUT2D eigenvalue weighted by atomic mass is 10.3. The number of amides is 1. The number of nitrogens with zero attached hydrogens (tertiary/aromatic N) is 3. The van der Waals surface area contributed by atoms with Crippen molar-refractivity contribution in [2.45, 2.75) is 19.9 Å². The fourth-order valence-electron chi connectivity index (χ4n) is 0.892. The van der Waals surface area contributed by atoms with E-state index in [0.717, 1.165) is 16.9 Å². The van der Waals surface area contributed by atoms with Gasteiger partial charge in [-0.1, -0.05) is 20.4 Å². The lowest BCUT2D eigenvalue weighted by Crippen LogP contribution is -2.35. The Balaban J connectivity index is 2.81. The standard InChI is InChI=1S/C8H12BrN3OS/c1-5(4-9)12(3)8(13)7-6(2)10-11-14-7/h5H,4H2,1-3H3. The van der Waals surface area contributed by atoms with Crippen LogP contribution in [0.15, 0.2) is 0 Å². The quantitative estimate of drug-likeness (QED) is 0.791. The lowest BCUT2D eigenvalue weighted by Gasteiger charge is -2.22. The summed E-state index contributed by atoms with van der Waals surface area (Å²) in [5.41, 5.74) is 0.702. The molecule has 1 atom stereocenters.